The van der Waals surface area contributed by atoms with Gasteiger partial charge in [0.15, 0.2) is 0 Å². The van der Waals surface area contributed by atoms with Crippen LogP contribution in [0, 0.1) is 22.6 Å². The molecule has 2 aromatic rings. The van der Waals surface area contributed by atoms with E-state index >= 15 is 0 Å². The Morgan fingerprint density at radius 2 is 2.06 bits per heavy atom. The summed E-state index contributed by atoms with van der Waals surface area (Å²) in [6, 6.07) is 5.37. The molecule has 0 bridgehead atoms. The maximum atomic E-state index is 13.6. The number of likely N-dealkylation sites (tertiary alicyclic amines) is 1. The number of amides is 1. The predicted octanol–water partition coefficient (Wildman–Crippen LogP) is 3.43. The molecule has 1 aliphatic rings. The highest BCUT2D eigenvalue weighted by Gasteiger charge is 2.38. The first-order chi connectivity index (χ1) is 15.5. The Morgan fingerprint density at radius 1 is 1.36 bits per heavy atom. The Hall–Kier alpha value is -2.99. The third-order valence-corrected chi connectivity index (χ3v) is 5.87. The van der Waals surface area contributed by atoms with Crippen LogP contribution in [-0.4, -0.2) is 47.0 Å². The summed E-state index contributed by atoms with van der Waals surface area (Å²) in [6.07, 6.45) is 2.56. The van der Waals surface area contributed by atoms with Crippen LogP contribution in [0.5, 0.6) is 0 Å². The molecule has 1 aromatic carbocycles. The van der Waals surface area contributed by atoms with Gasteiger partial charge in [-0.1, -0.05) is 27.7 Å². The van der Waals surface area contributed by atoms with Crippen LogP contribution in [-0.2, 0) is 4.79 Å². The number of hydrogen-bond donors (Lipinski definition) is 2. The average Bonchev–Trinajstić information content (AvgIpc) is 2.73. The van der Waals surface area contributed by atoms with Gasteiger partial charge in [0, 0.05) is 19.2 Å². The Bertz CT molecular complexity index is 1090. The lowest BCUT2D eigenvalue weighted by molar-refractivity contribution is -0.124. The molecule has 1 amide bonds. The van der Waals surface area contributed by atoms with E-state index < -0.39 is 23.2 Å². The lowest BCUT2D eigenvalue weighted by Gasteiger charge is -2.39. The maximum Gasteiger partial charge on any atom is 0.441 e. The van der Waals surface area contributed by atoms with Crippen LogP contribution < -0.4 is 16.4 Å². The number of anilines is 1. The number of halogens is 1. The molecule has 1 saturated heterocycles. The number of rotatable bonds is 7. The molecule has 33 heavy (non-hydrogen) atoms. The van der Waals surface area contributed by atoms with Crippen LogP contribution in [0.1, 0.15) is 53.4 Å². The number of nitrogens with zero attached hydrogens (tertiary/aromatic N) is 3. The maximum absolute atomic E-state index is 13.6. The predicted molar refractivity (Wildman–Crippen MR) is 124 cm³/mol. The third-order valence-electron chi connectivity index (χ3n) is 5.87. The number of benzene rings is 1. The molecule has 1 aromatic heterocycles. The van der Waals surface area contributed by atoms with Gasteiger partial charge in [-0.2, -0.15) is 10.2 Å². The molecule has 0 saturated carbocycles. The van der Waals surface area contributed by atoms with Gasteiger partial charge >= 0.3 is 5.76 Å². The monoisotopic (exact) mass is 457 g/mol. The molecule has 8 nitrogen and oxygen atoms in total. The molecule has 0 radical (unpaired) electrons. The van der Waals surface area contributed by atoms with Gasteiger partial charge in [-0.25, -0.2) is 9.18 Å². The number of fused-ring (bicyclic) bond motifs is 1. The molecule has 1 fully saturated rings. The fourth-order valence-corrected chi connectivity index (χ4v) is 4.20. The lowest BCUT2D eigenvalue weighted by Crippen LogP contribution is -2.57. The van der Waals surface area contributed by atoms with Crippen LogP contribution >= 0.6 is 0 Å². The average molecular weight is 458 g/mol. The second kappa shape index (κ2) is 9.87. The van der Waals surface area contributed by atoms with Crippen molar-refractivity contribution >= 4 is 22.7 Å². The van der Waals surface area contributed by atoms with Gasteiger partial charge < -0.3 is 20.0 Å². The van der Waals surface area contributed by atoms with E-state index in [0.29, 0.717) is 24.6 Å². The molecule has 0 spiro atoms. The highest BCUT2D eigenvalue weighted by atomic mass is 19.1. The van der Waals surface area contributed by atoms with Crippen LogP contribution in [0.4, 0.5) is 10.2 Å². The molecule has 0 unspecified atom stereocenters. The van der Waals surface area contributed by atoms with Gasteiger partial charge in [0.2, 0.25) is 5.91 Å². The second-order valence-electron chi connectivity index (χ2n) is 9.96. The zero-order valence-corrected chi connectivity index (χ0v) is 19.7. The van der Waals surface area contributed by atoms with Crippen molar-refractivity contribution in [3.05, 3.63) is 34.6 Å². The van der Waals surface area contributed by atoms with E-state index in [-0.39, 0.29) is 22.7 Å². The zero-order valence-electron chi connectivity index (χ0n) is 19.7. The Morgan fingerprint density at radius 3 is 2.67 bits per heavy atom. The molecule has 1 aliphatic heterocycles. The van der Waals surface area contributed by atoms with Gasteiger partial charge in [-0.05, 0) is 49.8 Å². The quantitative estimate of drug-likeness (QED) is 0.655. The molecule has 9 heteroatoms. The fourth-order valence-electron chi connectivity index (χ4n) is 4.20. The SMILES string of the molecule is CCCN1CCC(C#N)(NC(=O)[C@H](CC(C)(C)C)Nc2nc(=O)oc3cc(F)ccc23)CC1. The Kier molecular flexibility index (Phi) is 7.38. The summed E-state index contributed by atoms with van der Waals surface area (Å²) in [6.45, 7) is 10.6. The Balaban J connectivity index is 1.86. The number of hydrogen-bond acceptors (Lipinski definition) is 7. The molecule has 2 N–H and O–H groups in total. The number of carbonyl (C=O) groups excluding carboxylic acids is 1. The van der Waals surface area contributed by atoms with Crippen molar-refractivity contribution < 1.29 is 13.6 Å². The summed E-state index contributed by atoms with van der Waals surface area (Å²) in [5.41, 5.74) is -1.13. The topological polar surface area (TPSA) is 111 Å². The van der Waals surface area contributed by atoms with Crippen molar-refractivity contribution in [2.24, 2.45) is 5.41 Å². The van der Waals surface area contributed by atoms with Gasteiger partial charge in [0.25, 0.3) is 0 Å². The smallest absolute Gasteiger partial charge is 0.408 e. The molecular formula is C24H32FN5O3. The summed E-state index contributed by atoms with van der Waals surface area (Å²) in [5.74, 6) is -1.62. The minimum absolute atomic E-state index is 0.0456. The van der Waals surface area contributed by atoms with E-state index in [1.807, 2.05) is 20.8 Å². The molecule has 1 atom stereocenters. The summed E-state index contributed by atoms with van der Waals surface area (Å²) in [4.78, 5) is 31.6. The first-order valence-corrected chi connectivity index (χ1v) is 11.4. The Labute approximate surface area is 193 Å². The van der Waals surface area contributed by atoms with Gasteiger partial charge in [0.05, 0.1) is 11.5 Å². The number of nitrogens with one attached hydrogen (secondary N) is 2. The van der Waals surface area contributed by atoms with Crippen molar-refractivity contribution in [3.63, 3.8) is 0 Å². The van der Waals surface area contributed by atoms with Crippen molar-refractivity contribution in [3.8, 4) is 6.07 Å². The zero-order chi connectivity index (χ0) is 24.2. The van der Waals surface area contributed by atoms with E-state index in [4.69, 9.17) is 4.42 Å². The van der Waals surface area contributed by atoms with Crippen molar-refractivity contribution in [1.82, 2.24) is 15.2 Å². The molecule has 3 rings (SSSR count). The van der Waals surface area contributed by atoms with Crippen molar-refractivity contribution in [2.45, 2.75) is 65.0 Å². The number of piperidine rings is 1. The van der Waals surface area contributed by atoms with Crippen molar-refractivity contribution in [1.29, 1.82) is 5.26 Å². The number of nitriles is 1. The second-order valence-corrected chi connectivity index (χ2v) is 9.96. The van der Waals surface area contributed by atoms with E-state index in [0.717, 1.165) is 32.1 Å². The molecule has 0 aliphatic carbocycles. The standard InChI is InChI=1S/C24H32FN5O3/c1-5-10-30-11-8-24(15-26,9-12-30)29-21(31)18(14-23(2,3)4)27-20-17-7-6-16(25)13-19(17)33-22(32)28-20/h6-7,13,18H,5,8-12,14H2,1-4H3,(H,29,31)(H,27,28,32)/t18-/m0/s1. The minimum atomic E-state index is -0.937. The third kappa shape index (κ3) is 6.29. The van der Waals surface area contributed by atoms with Crippen LogP contribution in [0.2, 0.25) is 0 Å². The highest BCUT2D eigenvalue weighted by molar-refractivity contribution is 5.91. The lowest BCUT2D eigenvalue weighted by atomic mass is 9.85. The number of carbonyl (C=O) groups is 1. The molecule has 178 valence electrons. The summed E-state index contributed by atoms with van der Waals surface area (Å²) < 4.78 is 18.6. The summed E-state index contributed by atoms with van der Waals surface area (Å²) in [5, 5.41) is 16.4. The number of aromatic nitrogens is 1. The molecular weight excluding hydrogens is 425 g/mol. The minimum Gasteiger partial charge on any atom is -0.408 e. The van der Waals surface area contributed by atoms with Crippen LogP contribution in [0.15, 0.2) is 27.4 Å². The highest BCUT2D eigenvalue weighted by Crippen LogP contribution is 2.28. The first-order valence-electron chi connectivity index (χ1n) is 11.4. The van der Waals surface area contributed by atoms with Gasteiger partial charge in [-0.3, -0.25) is 4.79 Å². The van der Waals surface area contributed by atoms with E-state index in [1.165, 1.54) is 12.1 Å². The van der Waals surface area contributed by atoms with E-state index in [9.17, 15) is 19.2 Å². The van der Waals surface area contributed by atoms with E-state index in [1.54, 1.807) is 0 Å². The first kappa shape index (κ1) is 24.6. The summed E-state index contributed by atoms with van der Waals surface area (Å²) >= 11 is 0. The fraction of sp³-hybridized carbons (Fsp3) is 0.583. The molecule has 2 heterocycles. The summed E-state index contributed by atoms with van der Waals surface area (Å²) in [7, 11) is 0. The van der Waals surface area contributed by atoms with Gasteiger partial charge in [0.1, 0.15) is 28.8 Å². The van der Waals surface area contributed by atoms with Crippen LogP contribution in [0.25, 0.3) is 11.0 Å². The van der Waals surface area contributed by atoms with Crippen LogP contribution in [0.3, 0.4) is 0 Å². The van der Waals surface area contributed by atoms with E-state index in [2.05, 4.69) is 33.5 Å². The largest absolute Gasteiger partial charge is 0.441 e. The van der Waals surface area contributed by atoms with Gasteiger partial charge in [-0.15, -0.1) is 0 Å². The normalized spacial score (nSPS) is 17.3. The van der Waals surface area contributed by atoms with Crippen molar-refractivity contribution in [2.75, 3.05) is 25.0 Å².